The summed E-state index contributed by atoms with van der Waals surface area (Å²) >= 11 is 0. The molecule has 2 aliphatic rings. The van der Waals surface area contributed by atoms with Crippen LogP contribution in [0.5, 0.6) is 5.75 Å². The molecule has 1 saturated carbocycles. The highest BCUT2D eigenvalue weighted by Crippen LogP contribution is 2.28. The highest BCUT2D eigenvalue weighted by atomic mass is 19.1. The van der Waals surface area contributed by atoms with E-state index in [1.54, 1.807) is 12.1 Å². The number of aliphatic hydroxyl groups excluding tert-OH is 1. The topological polar surface area (TPSA) is 49.8 Å². The Kier molecular flexibility index (Phi) is 5.72. The molecule has 1 saturated heterocycles. The van der Waals surface area contributed by atoms with Crippen molar-refractivity contribution in [3.05, 3.63) is 30.1 Å². The van der Waals surface area contributed by atoms with E-state index in [0.717, 1.165) is 51.6 Å². The molecule has 1 N–H and O–H groups in total. The smallest absolute Gasteiger partial charge is 0.225 e. The third-order valence-electron chi connectivity index (χ3n) is 5.18. The largest absolute Gasteiger partial charge is 0.493 e. The number of hydrogen-bond donors (Lipinski definition) is 1. The first kappa shape index (κ1) is 17.2. The monoisotopic (exact) mass is 335 g/mol. The molecule has 24 heavy (non-hydrogen) atoms. The van der Waals surface area contributed by atoms with Crippen LogP contribution in [0.25, 0.3) is 0 Å². The van der Waals surface area contributed by atoms with E-state index in [9.17, 15) is 14.3 Å². The summed E-state index contributed by atoms with van der Waals surface area (Å²) in [6, 6.07) is 6.05. The second-order valence-electron chi connectivity index (χ2n) is 7.06. The number of hydrogen-bond acceptors (Lipinski definition) is 3. The molecule has 1 amide bonds. The number of carbonyl (C=O) groups excluding carboxylic acids is 1. The van der Waals surface area contributed by atoms with Gasteiger partial charge in [0.2, 0.25) is 5.91 Å². The van der Waals surface area contributed by atoms with Crippen LogP contribution in [0.15, 0.2) is 24.3 Å². The molecule has 5 heteroatoms. The van der Waals surface area contributed by atoms with Crippen LogP contribution in [0, 0.1) is 17.7 Å². The van der Waals surface area contributed by atoms with Crippen LogP contribution in [-0.2, 0) is 4.79 Å². The van der Waals surface area contributed by atoms with E-state index in [2.05, 4.69) is 0 Å². The summed E-state index contributed by atoms with van der Waals surface area (Å²) < 4.78 is 18.7. The lowest BCUT2D eigenvalue weighted by Crippen LogP contribution is -2.45. The van der Waals surface area contributed by atoms with Crippen molar-refractivity contribution in [2.24, 2.45) is 11.8 Å². The van der Waals surface area contributed by atoms with Crippen molar-refractivity contribution in [2.45, 2.75) is 44.6 Å². The quantitative estimate of drug-likeness (QED) is 0.920. The molecule has 0 spiro atoms. The van der Waals surface area contributed by atoms with Gasteiger partial charge in [0.15, 0.2) is 0 Å². The number of halogens is 1. The summed E-state index contributed by atoms with van der Waals surface area (Å²) in [6.45, 7) is 2.11. The van der Waals surface area contributed by atoms with E-state index in [-0.39, 0.29) is 23.7 Å². The maximum atomic E-state index is 12.9. The molecule has 1 aromatic rings. The van der Waals surface area contributed by atoms with Gasteiger partial charge in [-0.15, -0.1) is 0 Å². The van der Waals surface area contributed by atoms with Gasteiger partial charge in [-0.05, 0) is 62.8 Å². The first-order chi connectivity index (χ1) is 11.6. The van der Waals surface area contributed by atoms with Crippen molar-refractivity contribution in [3.63, 3.8) is 0 Å². The molecule has 1 aliphatic heterocycles. The Balaban J connectivity index is 1.48. The molecule has 0 unspecified atom stereocenters. The molecule has 4 nitrogen and oxygen atoms in total. The standard InChI is InChI=1S/C19H26FNO3/c20-16-5-9-18(10-6-16)24-13-14-2-1-11-21(12-14)19(23)15-3-7-17(22)8-4-15/h5-6,9-10,14-15,17,22H,1-4,7-8,11-13H2/t14-,15?,17?/m0/s1. The van der Waals surface area contributed by atoms with Crippen molar-refractivity contribution in [1.29, 1.82) is 0 Å². The fourth-order valence-corrected chi connectivity index (χ4v) is 3.73. The third-order valence-corrected chi connectivity index (χ3v) is 5.18. The minimum absolute atomic E-state index is 0.0742. The van der Waals surface area contributed by atoms with Crippen LogP contribution in [0.3, 0.4) is 0 Å². The van der Waals surface area contributed by atoms with Crippen molar-refractivity contribution < 1.29 is 19.0 Å². The van der Waals surface area contributed by atoms with Crippen LogP contribution in [0.1, 0.15) is 38.5 Å². The van der Waals surface area contributed by atoms with Gasteiger partial charge in [0.1, 0.15) is 11.6 Å². The molecule has 1 heterocycles. The van der Waals surface area contributed by atoms with Crippen LogP contribution in [0.4, 0.5) is 4.39 Å². The zero-order chi connectivity index (χ0) is 16.9. The van der Waals surface area contributed by atoms with E-state index in [0.29, 0.717) is 18.3 Å². The van der Waals surface area contributed by atoms with E-state index < -0.39 is 0 Å². The average Bonchev–Trinajstić information content (AvgIpc) is 2.61. The van der Waals surface area contributed by atoms with Gasteiger partial charge in [0.25, 0.3) is 0 Å². The van der Waals surface area contributed by atoms with Crippen LogP contribution in [0.2, 0.25) is 0 Å². The van der Waals surface area contributed by atoms with Gasteiger partial charge in [-0.2, -0.15) is 0 Å². The maximum absolute atomic E-state index is 12.9. The molecule has 1 atom stereocenters. The van der Waals surface area contributed by atoms with Gasteiger partial charge in [0.05, 0.1) is 12.7 Å². The molecule has 1 aromatic carbocycles. The van der Waals surface area contributed by atoms with E-state index >= 15 is 0 Å². The van der Waals surface area contributed by atoms with E-state index in [1.807, 2.05) is 4.90 Å². The van der Waals surface area contributed by atoms with E-state index in [4.69, 9.17) is 4.74 Å². The Labute approximate surface area is 142 Å². The summed E-state index contributed by atoms with van der Waals surface area (Å²) in [6.07, 6.45) is 4.89. The van der Waals surface area contributed by atoms with Gasteiger partial charge in [-0.1, -0.05) is 0 Å². The lowest BCUT2D eigenvalue weighted by Gasteiger charge is -2.36. The summed E-state index contributed by atoms with van der Waals surface area (Å²) in [4.78, 5) is 14.7. The van der Waals surface area contributed by atoms with Gasteiger partial charge < -0.3 is 14.7 Å². The third kappa shape index (κ3) is 4.47. The second-order valence-corrected chi connectivity index (χ2v) is 7.06. The number of carbonyl (C=O) groups is 1. The molecule has 2 fully saturated rings. The summed E-state index contributed by atoms with van der Waals surface area (Å²) in [7, 11) is 0. The molecular weight excluding hydrogens is 309 g/mol. The van der Waals surface area contributed by atoms with Crippen molar-refractivity contribution in [2.75, 3.05) is 19.7 Å². The van der Waals surface area contributed by atoms with Crippen molar-refractivity contribution in [1.82, 2.24) is 4.90 Å². The predicted octanol–water partition coefficient (Wildman–Crippen LogP) is 2.99. The molecule has 0 radical (unpaired) electrons. The van der Waals surface area contributed by atoms with Crippen LogP contribution in [-0.4, -0.2) is 41.7 Å². The lowest BCUT2D eigenvalue weighted by atomic mass is 9.85. The van der Waals surface area contributed by atoms with E-state index in [1.165, 1.54) is 12.1 Å². The number of piperidine rings is 1. The van der Waals surface area contributed by atoms with Crippen molar-refractivity contribution in [3.8, 4) is 5.75 Å². The van der Waals surface area contributed by atoms with Gasteiger partial charge in [0, 0.05) is 24.9 Å². The van der Waals surface area contributed by atoms with Gasteiger partial charge in [-0.25, -0.2) is 4.39 Å². The zero-order valence-corrected chi connectivity index (χ0v) is 14.0. The number of aliphatic hydroxyl groups is 1. The normalized spacial score (nSPS) is 27.8. The zero-order valence-electron chi connectivity index (χ0n) is 14.0. The molecule has 3 rings (SSSR count). The number of nitrogens with zero attached hydrogens (tertiary/aromatic N) is 1. The number of likely N-dealkylation sites (tertiary alicyclic amines) is 1. The number of benzene rings is 1. The summed E-state index contributed by atoms with van der Waals surface area (Å²) in [5.41, 5.74) is 0. The molecule has 1 aliphatic carbocycles. The van der Waals surface area contributed by atoms with Crippen LogP contribution >= 0.6 is 0 Å². The Morgan fingerprint density at radius 1 is 1.17 bits per heavy atom. The molecule has 0 bridgehead atoms. The highest BCUT2D eigenvalue weighted by Gasteiger charge is 2.31. The lowest BCUT2D eigenvalue weighted by molar-refractivity contribution is -0.139. The number of rotatable bonds is 4. The SMILES string of the molecule is O=C(C1CCC(O)CC1)N1CCC[C@H](COc2ccc(F)cc2)C1. The minimum atomic E-state index is -0.269. The number of ether oxygens (including phenoxy) is 1. The summed E-state index contributed by atoms with van der Waals surface area (Å²) in [5, 5.41) is 9.59. The second kappa shape index (κ2) is 7.97. The highest BCUT2D eigenvalue weighted by molar-refractivity contribution is 5.79. The molecule has 0 aromatic heterocycles. The Morgan fingerprint density at radius 2 is 1.88 bits per heavy atom. The Morgan fingerprint density at radius 3 is 2.58 bits per heavy atom. The average molecular weight is 335 g/mol. The molecular formula is C19H26FNO3. The van der Waals surface area contributed by atoms with Crippen molar-refractivity contribution >= 4 is 5.91 Å². The first-order valence-electron chi connectivity index (χ1n) is 8.97. The fraction of sp³-hybridized carbons (Fsp3) is 0.632. The Bertz CT molecular complexity index is 540. The predicted molar refractivity (Wildman–Crippen MR) is 89.2 cm³/mol. The summed E-state index contributed by atoms with van der Waals surface area (Å²) in [5.74, 6) is 1.04. The number of amides is 1. The van der Waals surface area contributed by atoms with Gasteiger partial charge >= 0.3 is 0 Å². The molecule has 132 valence electrons. The first-order valence-corrected chi connectivity index (χ1v) is 8.97. The maximum Gasteiger partial charge on any atom is 0.225 e. The fourth-order valence-electron chi connectivity index (χ4n) is 3.73. The minimum Gasteiger partial charge on any atom is -0.493 e. The van der Waals surface area contributed by atoms with Crippen LogP contribution < -0.4 is 4.74 Å². The van der Waals surface area contributed by atoms with Gasteiger partial charge in [-0.3, -0.25) is 4.79 Å². The Hall–Kier alpha value is -1.62.